The Kier molecular flexibility index (Phi) is 6.38. The first kappa shape index (κ1) is 18.8. The molecule has 2 aromatic rings. The van der Waals surface area contributed by atoms with Crippen LogP contribution < -0.4 is 10.2 Å². The third-order valence-corrected chi connectivity index (χ3v) is 3.76. The molecule has 0 bridgehead atoms. The van der Waals surface area contributed by atoms with E-state index in [1.807, 2.05) is 18.2 Å². The van der Waals surface area contributed by atoms with Crippen molar-refractivity contribution < 1.29 is 19.4 Å². The summed E-state index contributed by atoms with van der Waals surface area (Å²) in [6.07, 6.45) is 0. The fourth-order valence-corrected chi connectivity index (χ4v) is 2.39. The molecule has 0 aromatic heterocycles. The molecule has 0 aliphatic carbocycles. The van der Waals surface area contributed by atoms with Crippen molar-refractivity contribution in [2.24, 2.45) is 5.10 Å². The van der Waals surface area contributed by atoms with Crippen LogP contribution in [0.4, 0.5) is 0 Å². The fraction of sp³-hybridized carbons (Fsp3) is 0.222. The van der Waals surface area contributed by atoms with Gasteiger partial charge in [-0.15, -0.1) is 0 Å². The number of halogens is 1. The van der Waals surface area contributed by atoms with E-state index in [2.05, 4.69) is 10.5 Å². The molecule has 2 N–H and O–H groups in total. The molecule has 0 heterocycles. The van der Waals surface area contributed by atoms with Crippen LogP contribution in [-0.2, 0) is 11.3 Å². The van der Waals surface area contributed by atoms with Crippen molar-refractivity contribution in [1.82, 2.24) is 5.43 Å². The number of nitrogens with one attached hydrogen (secondary N) is 1. The zero-order valence-electron chi connectivity index (χ0n) is 14.2. The number of hydrogen-bond acceptors (Lipinski definition) is 5. The largest absolute Gasteiger partial charge is 0.507 e. The molecule has 2 rings (SSSR count). The first-order valence-corrected chi connectivity index (χ1v) is 7.83. The highest BCUT2D eigenvalue weighted by molar-refractivity contribution is 6.31. The van der Waals surface area contributed by atoms with Crippen molar-refractivity contribution in [2.45, 2.75) is 13.5 Å². The number of methoxy groups -OCH3 is 2. The Labute approximate surface area is 151 Å². The Hall–Kier alpha value is -2.57. The number of carbonyl (C=O) groups excluding carboxylic acids is 1. The van der Waals surface area contributed by atoms with Crippen LogP contribution in [-0.4, -0.2) is 30.9 Å². The number of hydrazone groups is 1. The SMILES string of the molecule is COCc1cc(/C(C)=N\NC(=O)c2cc(Cl)ccc2O)ccc1OC. The number of benzene rings is 2. The molecule has 0 aliphatic rings. The number of ether oxygens (including phenoxy) is 2. The molecule has 7 heteroatoms. The zero-order chi connectivity index (χ0) is 18.4. The van der Waals surface area contributed by atoms with Gasteiger partial charge in [0.05, 0.1) is 25.0 Å². The van der Waals surface area contributed by atoms with Gasteiger partial charge in [0.2, 0.25) is 0 Å². The second-order valence-electron chi connectivity index (χ2n) is 5.26. The van der Waals surface area contributed by atoms with E-state index in [-0.39, 0.29) is 11.3 Å². The van der Waals surface area contributed by atoms with Gasteiger partial charge in [0.1, 0.15) is 11.5 Å². The second-order valence-corrected chi connectivity index (χ2v) is 5.70. The minimum absolute atomic E-state index is 0.0545. The summed E-state index contributed by atoms with van der Waals surface area (Å²) in [6, 6.07) is 9.75. The van der Waals surface area contributed by atoms with Crippen LogP contribution in [0.2, 0.25) is 5.02 Å². The predicted molar refractivity (Wildman–Crippen MR) is 96.5 cm³/mol. The smallest absolute Gasteiger partial charge is 0.275 e. The highest BCUT2D eigenvalue weighted by Gasteiger charge is 2.12. The van der Waals surface area contributed by atoms with Crippen molar-refractivity contribution in [3.63, 3.8) is 0 Å². The quantitative estimate of drug-likeness (QED) is 0.610. The number of amides is 1. The lowest BCUT2D eigenvalue weighted by molar-refractivity contribution is 0.0952. The predicted octanol–water partition coefficient (Wildman–Crippen LogP) is 3.35. The maximum absolute atomic E-state index is 12.1. The molecule has 6 nitrogen and oxygen atoms in total. The Morgan fingerprint density at radius 2 is 2.00 bits per heavy atom. The van der Waals surface area contributed by atoms with Crippen molar-refractivity contribution in [1.29, 1.82) is 0 Å². The lowest BCUT2D eigenvalue weighted by Gasteiger charge is -2.10. The molecule has 0 saturated carbocycles. The van der Waals surface area contributed by atoms with E-state index < -0.39 is 5.91 Å². The van der Waals surface area contributed by atoms with Gasteiger partial charge in [-0.2, -0.15) is 5.10 Å². The number of phenols is 1. The summed E-state index contributed by atoms with van der Waals surface area (Å²) < 4.78 is 10.4. The number of phenolic OH excluding ortho intramolecular Hbond substituents is 1. The molecule has 2 aromatic carbocycles. The van der Waals surface area contributed by atoms with E-state index in [0.29, 0.717) is 23.1 Å². The molecule has 132 valence electrons. The van der Waals surface area contributed by atoms with Crippen LogP contribution in [0, 0.1) is 0 Å². The summed E-state index contributed by atoms with van der Waals surface area (Å²) in [5, 5.41) is 14.2. The summed E-state index contributed by atoms with van der Waals surface area (Å²) in [5.74, 6) is -0.00200. The summed E-state index contributed by atoms with van der Waals surface area (Å²) in [6.45, 7) is 2.16. The summed E-state index contributed by atoms with van der Waals surface area (Å²) in [7, 11) is 3.19. The molecule has 1 amide bonds. The molecular formula is C18H19ClN2O4. The first-order valence-electron chi connectivity index (χ1n) is 7.45. The van der Waals surface area contributed by atoms with E-state index in [9.17, 15) is 9.90 Å². The van der Waals surface area contributed by atoms with Crippen LogP contribution in [0.25, 0.3) is 0 Å². The van der Waals surface area contributed by atoms with Gasteiger partial charge in [-0.1, -0.05) is 11.6 Å². The first-order chi connectivity index (χ1) is 12.0. The number of aromatic hydroxyl groups is 1. The molecule has 0 spiro atoms. The Morgan fingerprint density at radius 1 is 1.24 bits per heavy atom. The van der Waals surface area contributed by atoms with Crippen LogP contribution in [0.5, 0.6) is 11.5 Å². The van der Waals surface area contributed by atoms with Gasteiger partial charge in [0, 0.05) is 17.7 Å². The number of nitrogens with zero attached hydrogens (tertiary/aromatic N) is 1. The molecule has 0 radical (unpaired) electrons. The Morgan fingerprint density at radius 3 is 2.68 bits per heavy atom. The highest BCUT2D eigenvalue weighted by atomic mass is 35.5. The van der Waals surface area contributed by atoms with Gasteiger partial charge in [-0.25, -0.2) is 5.43 Å². The van der Waals surface area contributed by atoms with E-state index in [1.165, 1.54) is 18.2 Å². The number of rotatable bonds is 6. The van der Waals surface area contributed by atoms with Gasteiger partial charge < -0.3 is 14.6 Å². The summed E-state index contributed by atoms with van der Waals surface area (Å²) >= 11 is 5.84. The topological polar surface area (TPSA) is 80.2 Å². The zero-order valence-corrected chi connectivity index (χ0v) is 14.9. The van der Waals surface area contributed by atoms with Crippen molar-refractivity contribution in [2.75, 3.05) is 14.2 Å². The molecule has 0 fully saturated rings. The maximum Gasteiger partial charge on any atom is 0.275 e. The average Bonchev–Trinajstić information content (AvgIpc) is 2.61. The van der Waals surface area contributed by atoms with Gasteiger partial charge in [0.25, 0.3) is 5.91 Å². The lowest BCUT2D eigenvalue weighted by Crippen LogP contribution is -2.19. The van der Waals surface area contributed by atoms with Gasteiger partial charge >= 0.3 is 0 Å². The molecular weight excluding hydrogens is 344 g/mol. The second kappa shape index (κ2) is 8.50. The van der Waals surface area contributed by atoms with Crippen molar-refractivity contribution >= 4 is 23.2 Å². The van der Waals surface area contributed by atoms with Gasteiger partial charge in [0.15, 0.2) is 0 Å². The van der Waals surface area contributed by atoms with E-state index in [4.69, 9.17) is 21.1 Å². The standard InChI is InChI=1S/C18H19ClN2O4/c1-11(12-4-7-17(25-3)13(8-12)10-24-2)20-21-18(23)15-9-14(19)5-6-16(15)22/h4-9,22H,10H2,1-3H3,(H,21,23)/b20-11-. The van der Waals surface area contributed by atoms with E-state index >= 15 is 0 Å². The molecule has 0 saturated heterocycles. The normalized spacial score (nSPS) is 11.3. The van der Waals surface area contributed by atoms with Crippen LogP contribution >= 0.6 is 11.6 Å². The average molecular weight is 363 g/mol. The monoisotopic (exact) mass is 362 g/mol. The summed E-state index contributed by atoms with van der Waals surface area (Å²) in [5.41, 5.74) is 4.74. The molecule has 25 heavy (non-hydrogen) atoms. The number of carbonyl (C=O) groups is 1. The van der Waals surface area contributed by atoms with Crippen LogP contribution in [0.3, 0.4) is 0 Å². The Bertz CT molecular complexity index is 806. The third-order valence-electron chi connectivity index (χ3n) is 3.53. The van der Waals surface area contributed by atoms with Crippen LogP contribution in [0.1, 0.15) is 28.4 Å². The molecule has 0 unspecified atom stereocenters. The van der Waals surface area contributed by atoms with Crippen molar-refractivity contribution in [3.05, 3.63) is 58.1 Å². The highest BCUT2D eigenvalue weighted by Crippen LogP contribution is 2.22. The summed E-state index contributed by atoms with van der Waals surface area (Å²) in [4.78, 5) is 12.1. The Balaban J connectivity index is 2.19. The van der Waals surface area contributed by atoms with E-state index in [0.717, 1.165) is 11.1 Å². The minimum Gasteiger partial charge on any atom is -0.507 e. The number of hydrogen-bond donors (Lipinski definition) is 2. The lowest BCUT2D eigenvalue weighted by atomic mass is 10.1. The van der Waals surface area contributed by atoms with E-state index in [1.54, 1.807) is 21.1 Å². The fourth-order valence-electron chi connectivity index (χ4n) is 2.22. The van der Waals surface area contributed by atoms with Gasteiger partial charge in [-0.3, -0.25) is 4.79 Å². The minimum atomic E-state index is -0.551. The van der Waals surface area contributed by atoms with Crippen molar-refractivity contribution in [3.8, 4) is 11.5 Å². The molecule has 0 aliphatic heterocycles. The molecule has 0 atom stereocenters. The maximum atomic E-state index is 12.1. The van der Waals surface area contributed by atoms with Gasteiger partial charge in [-0.05, 0) is 48.9 Å². The van der Waals surface area contributed by atoms with Crippen LogP contribution in [0.15, 0.2) is 41.5 Å². The third kappa shape index (κ3) is 4.71.